The van der Waals surface area contributed by atoms with Gasteiger partial charge in [-0.2, -0.15) is 0 Å². The van der Waals surface area contributed by atoms with Gasteiger partial charge in [-0.1, -0.05) is 12.1 Å². The van der Waals surface area contributed by atoms with Crippen molar-refractivity contribution in [3.63, 3.8) is 0 Å². The average Bonchev–Trinajstić information content (AvgIpc) is 3.07. The summed E-state index contributed by atoms with van der Waals surface area (Å²) in [5, 5.41) is 2.72. The number of nitrogens with zero attached hydrogens (tertiary/aromatic N) is 1. The average molecular weight is 408 g/mol. The van der Waals surface area contributed by atoms with Gasteiger partial charge in [0.2, 0.25) is 5.91 Å². The van der Waals surface area contributed by atoms with Crippen LogP contribution in [0.3, 0.4) is 0 Å². The molecule has 0 radical (unpaired) electrons. The Kier molecular flexibility index (Phi) is 5.38. The number of pyridine rings is 1. The summed E-state index contributed by atoms with van der Waals surface area (Å²) in [6.07, 6.45) is 2.99. The van der Waals surface area contributed by atoms with Crippen LogP contribution in [-0.2, 0) is 24.1 Å². The maximum Gasteiger partial charge on any atom is 0.325 e. The monoisotopic (exact) mass is 408 g/mol. The molecule has 0 aliphatic heterocycles. The number of carbonyl (C=O) groups excluding carboxylic acids is 1. The molecule has 30 heavy (non-hydrogen) atoms. The highest BCUT2D eigenvalue weighted by molar-refractivity contribution is 5.92. The number of rotatable bonds is 6. The Morgan fingerprint density at radius 3 is 2.40 bits per heavy atom. The number of benzene rings is 2. The number of fused-ring (bicyclic) bond motifs is 1. The minimum absolute atomic E-state index is 0.122. The Morgan fingerprint density at radius 2 is 1.67 bits per heavy atom. The zero-order valence-corrected chi connectivity index (χ0v) is 15.8. The molecule has 152 valence electrons. The minimum Gasteiger partial charge on any atom is -0.326 e. The number of amides is 1. The molecule has 0 bridgehead atoms. The number of carbonyl (C=O) groups is 1. The van der Waals surface area contributed by atoms with Crippen molar-refractivity contribution < 1.29 is 13.6 Å². The van der Waals surface area contributed by atoms with Gasteiger partial charge in [-0.05, 0) is 59.9 Å². The van der Waals surface area contributed by atoms with E-state index in [0.717, 1.165) is 35.7 Å². The van der Waals surface area contributed by atoms with E-state index in [-0.39, 0.29) is 23.6 Å². The lowest BCUT2D eigenvalue weighted by Crippen LogP contribution is -2.14. The van der Waals surface area contributed by atoms with Crippen LogP contribution in [0, 0.1) is 11.6 Å². The first-order valence-corrected chi connectivity index (χ1v) is 9.36. The molecule has 2 aromatic carbocycles. The van der Waals surface area contributed by atoms with Crippen molar-refractivity contribution in [2.45, 2.75) is 19.3 Å². The zero-order valence-electron chi connectivity index (χ0n) is 15.8. The van der Waals surface area contributed by atoms with Gasteiger partial charge in [0.05, 0.1) is 11.9 Å². The summed E-state index contributed by atoms with van der Waals surface area (Å²) in [5.74, 6) is -1.78. The largest absolute Gasteiger partial charge is 0.326 e. The molecule has 0 saturated heterocycles. The van der Waals surface area contributed by atoms with Gasteiger partial charge in [0.15, 0.2) is 5.65 Å². The van der Waals surface area contributed by atoms with Crippen molar-refractivity contribution in [2.24, 2.45) is 0 Å². The smallest absolute Gasteiger partial charge is 0.325 e. The van der Waals surface area contributed by atoms with Crippen molar-refractivity contribution in [1.82, 2.24) is 15.0 Å². The summed E-state index contributed by atoms with van der Waals surface area (Å²) in [6.45, 7) is 0. The van der Waals surface area contributed by atoms with E-state index in [0.29, 0.717) is 23.3 Å². The highest BCUT2D eigenvalue weighted by atomic mass is 19.1. The Labute approximate surface area is 170 Å². The van der Waals surface area contributed by atoms with Crippen molar-refractivity contribution in [1.29, 1.82) is 0 Å². The molecule has 0 saturated carbocycles. The fraction of sp³-hybridized carbons (Fsp3) is 0.136. The molecule has 0 aliphatic carbocycles. The molecule has 4 rings (SSSR count). The molecule has 1 amide bonds. The van der Waals surface area contributed by atoms with Gasteiger partial charge < -0.3 is 10.3 Å². The lowest BCUT2D eigenvalue weighted by molar-refractivity contribution is -0.115. The van der Waals surface area contributed by atoms with E-state index in [2.05, 4.69) is 20.3 Å². The van der Waals surface area contributed by atoms with E-state index in [4.69, 9.17) is 0 Å². The Balaban J connectivity index is 1.36. The predicted molar refractivity (Wildman–Crippen MR) is 109 cm³/mol. The van der Waals surface area contributed by atoms with Gasteiger partial charge in [-0.25, -0.2) is 18.6 Å². The van der Waals surface area contributed by atoms with Crippen LogP contribution in [0.1, 0.15) is 16.7 Å². The molecule has 4 aromatic rings. The van der Waals surface area contributed by atoms with Crippen LogP contribution in [0.15, 0.2) is 59.5 Å². The van der Waals surface area contributed by atoms with E-state index < -0.39 is 11.6 Å². The van der Waals surface area contributed by atoms with Gasteiger partial charge in [0.1, 0.15) is 11.6 Å². The summed E-state index contributed by atoms with van der Waals surface area (Å²) in [6, 6.07) is 12.3. The number of aromatic nitrogens is 3. The maximum absolute atomic E-state index is 13.2. The summed E-state index contributed by atoms with van der Waals surface area (Å²) >= 11 is 0. The minimum atomic E-state index is -0.711. The van der Waals surface area contributed by atoms with E-state index >= 15 is 0 Å². The topological polar surface area (TPSA) is 90.6 Å². The van der Waals surface area contributed by atoms with E-state index in [9.17, 15) is 18.4 Å². The molecular formula is C22H18F2N4O2. The number of hydrogen-bond acceptors (Lipinski definition) is 3. The molecule has 6 nitrogen and oxygen atoms in total. The molecule has 0 aliphatic rings. The van der Waals surface area contributed by atoms with Crippen molar-refractivity contribution >= 4 is 22.8 Å². The second kappa shape index (κ2) is 8.28. The Morgan fingerprint density at radius 1 is 0.933 bits per heavy atom. The van der Waals surface area contributed by atoms with E-state index in [1.807, 2.05) is 18.2 Å². The van der Waals surface area contributed by atoms with Crippen LogP contribution in [0.2, 0.25) is 0 Å². The number of hydrogen-bond donors (Lipinski definition) is 3. The molecule has 0 atom stereocenters. The van der Waals surface area contributed by atoms with E-state index in [1.54, 1.807) is 18.3 Å². The molecule has 0 unspecified atom stereocenters. The van der Waals surface area contributed by atoms with Gasteiger partial charge in [-0.3, -0.25) is 9.78 Å². The summed E-state index contributed by atoms with van der Waals surface area (Å²) in [5.41, 5.74) is 3.87. The molecular weight excluding hydrogens is 390 g/mol. The van der Waals surface area contributed by atoms with Gasteiger partial charge in [0.25, 0.3) is 0 Å². The fourth-order valence-corrected chi connectivity index (χ4v) is 3.33. The van der Waals surface area contributed by atoms with Crippen molar-refractivity contribution in [3.05, 3.63) is 93.5 Å². The van der Waals surface area contributed by atoms with Crippen LogP contribution >= 0.6 is 0 Å². The Hall–Kier alpha value is -3.81. The highest BCUT2D eigenvalue weighted by Crippen LogP contribution is 2.16. The number of nitrogens with one attached hydrogen (secondary N) is 3. The molecule has 0 spiro atoms. The molecule has 3 N–H and O–H groups in total. The lowest BCUT2D eigenvalue weighted by atomic mass is 10.0. The first kappa shape index (κ1) is 19.5. The number of halogens is 2. The molecule has 0 fully saturated rings. The number of aryl methyl sites for hydroxylation is 2. The van der Waals surface area contributed by atoms with Gasteiger partial charge in [-0.15, -0.1) is 0 Å². The molecule has 2 heterocycles. The predicted octanol–water partition coefficient (Wildman–Crippen LogP) is 3.50. The summed E-state index contributed by atoms with van der Waals surface area (Å²) in [7, 11) is 0. The third-order valence-electron chi connectivity index (χ3n) is 4.72. The van der Waals surface area contributed by atoms with Crippen LogP contribution in [-0.4, -0.2) is 20.9 Å². The van der Waals surface area contributed by atoms with Gasteiger partial charge >= 0.3 is 5.69 Å². The number of anilines is 1. The second-order valence-corrected chi connectivity index (χ2v) is 6.97. The quantitative estimate of drug-likeness (QED) is 0.456. The first-order chi connectivity index (χ1) is 14.5. The third-order valence-corrected chi connectivity index (χ3v) is 4.72. The fourth-order valence-electron chi connectivity index (χ4n) is 3.33. The zero-order chi connectivity index (χ0) is 21.1. The van der Waals surface area contributed by atoms with Crippen LogP contribution in [0.25, 0.3) is 11.2 Å². The van der Waals surface area contributed by atoms with Crippen LogP contribution in [0.5, 0.6) is 0 Å². The summed E-state index contributed by atoms with van der Waals surface area (Å²) in [4.78, 5) is 33.1. The number of imidazole rings is 1. The first-order valence-electron chi connectivity index (χ1n) is 9.36. The van der Waals surface area contributed by atoms with E-state index in [1.165, 1.54) is 0 Å². The summed E-state index contributed by atoms with van der Waals surface area (Å²) < 4.78 is 26.5. The second-order valence-electron chi connectivity index (χ2n) is 6.97. The standard InChI is InChI=1S/C22H18F2N4O2/c23-16-9-14(10-17(24)12-16)11-19(29)26-18-5-2-13(3-6-18)1-4-15-7-8-25-21-20(15)27-22(30)28-21/h2-3,5-10,12H,1,4,11H2,(H,26,29)(H2,25,27,28,30). The molecule has 2 aromatic heterocycles. The lowest BCUT2D eigenvalue weighted by Gasteiger charge is -2.08. The SMILES string of the molecule is O=C(Cc1cc(F)cc(F)c1)Nc1ccc(CCc2ccnc3[nH]c(=O)[nH]c23)cc1. The van der Waals surface area contributed by atoms with Crippen LogP contribution in [0.4, 0.5) is 14.5 Å². The maximum atomic E-state index is 13.2. The highest BCUT2D eigenvalue weighted by Gasteiger charge is 2.08. The van der Waals surface area contributed by atoms with Gasteiger partial charge in [0, 0.05) is 18.0 Å². The third kappa shape index (κ3) is 4.60. The normalized spacial score (nSPS) is 11.0. The van der Waals surface area contributed by atoms with Crippen molar-refractivity contribution in [2.75, 3.05) is 5.32 Å². The van der Waals surface area contributed by atoms with Crippen molar-refractivity contribution in [3.8, 4) is 0 Å². The van der Waals surface area contributed by atoms with Crippen LogP contribution < -0.4 is 11.0 Å². The Bertz CT molecular complexity index is 1240. The number of aromatic amines is 2. The molecule has 8 heteroatoms. The number of H-pyrrole nitrogens is 2.